The van der Waals surface area contributed by atoms with E-state index >= 15 is 0 Å². The number of carbonyl (C=O) groups is 3. The molecule has 0 spiro atoms. The van der Waals surface area contributed by atoms with E-state index in [1.54, 1.807) is 69.3 Å². The molecule has 11 nitrogen and oxygen atoms in total. The Balaban J connectivity index is 1.45. The molecule has 0 saturated carbocycles. The van der Waals surface area contributed by atoms with Gasteiger partial charge in [0.05, 0.1) is 12.2 Å². The Morgan fingerprint density at radius 2 is 1.78 bits per heavy atom. The summed E-state index contributed by atoms with van der Waals surface area (Å²) in [4.78, 5) is 48.7. The minimum absolute atomic E-state index is 0.00540. The van der Waals surface area contributed by atoms with Crippen molar-refractivity contribution in [1.29, 1.82) is 0 Å². The van der Waals surface area contributed by atoms with Gasteiger partial charge in [0.15, 0.2) is 16.1 Å². The van der Waals surface area contributed by atoms with Gasteiger partial charge in [0.1, 0.15) is 16.4 Å². The first-order valence-electron chi connectivity index (χ1n) is 16.2. The molecule has 2 aromatic carbocycles. The van der Waals surface area contributed by atoms with Gasteiger partial charge in [0, 0.05) is 40.9 Å². The van der Waals surface area contributed by atoms with Crippen LogP contribution < -0.4 is 10.8 Å². The highest BCUT2D eigenvalue weighted by Gasteiger charge is 2.50. The fourth-order valence-electron chi connectivity index (χ4n) is 5.92. The molecule has 1 aromatic heterocycles. The molecule has 3 atom stereocenters. The number of amides is 3. The number of halogens is 1. The molecule has 0 radical (unpaired) electrons. The van der Waals surface area contributed by atoms with E-state index in [0.29, 0.717) is 28.5 Å². The number of benzene rings is 2. The molecule has 3 amide bonds. The summed E-state index contributed by atoms with van der Waals surface area (Å²) >= 11 is 7.38. The molecule has 0 aliphatic carbocycles. The second kappa shape index (κ2) is 15.6. The predicted molar refractivity (Wildman–Crippen MR) is 187 cm³/mol. The van der Waals surface area contributed by atoms with Gasteiger partial charge in [-0.3, -0.25) is 9.59 Å². The molecule has 2 aliphatic heterocycles. The number of hydrogen-bond acceptors (Lipinski definition) is 9. The minimum Gasteiger partial charge on any atom is -0.444 e. The van der Waals surface area contributed by atoms with Crippen molar-refractivity contribution in [3.05, 3.63) is 82.2 Å². The number of thiophene rings is 1. The van der Waals surface area contributed by atoms with Gasteiger partial charge in [0.25, 0.3) is 0 Å². The Morgan fingerprint density at radius 1 is 1.04 bits per heavy atom. The van der Waals surface area contributed by atoms with E-state index in [4.69, 9.17) is 25.9 Å². The van der Waals surface area contributed by atoms with Crippen molar-refractivity contribution in [3.63, 3.8) is 0 Å². The molecule has 2 unspecified atom stereocenters. The molecular formula is C35H42ClN3O8S2. The first-order chi connectivity index (χ1) is 23.3. The summed E-state index contributed by atoms with van der Waals surface area (Å²) in [7, 11) is -4.06. The van der Waals surface area contributed by atoms with Crippen LogP contribution in [-0.4, -0.2) is 68.6 Å². The topological polar surface area (TPSA) is 140 Å². The molecule has 14 heteroatoms. The maximum Gasteiger partial charge on any atom is 0.408 e. The van der Waals surface area contributed by atoms with Crippen molar-refractivity contribution in [2.75, 3.05) is 25.4 Å². The normalized spacial score (nSPS) is 21.6. The third-order valence-corrected chi connectivity index (χ3v) is 12.6. The number of nitrogens with zero attached hydrogens (tertiary/aromatic N) is 1. The van der Waals surface area contributed by atoms with E-state index < -0.39 is 62.6 Å². The fraction of sp³-hybridized carbons (Fsp3) is 0.457. The van der Waals surface area contributed by atoms with Crippen LogP contribution in [0.1, 0.15) is 69.4 Å². The zero-order valence-electron chi connectivity index (χ0n) is 27.8. The quantitative estimate of drug-likeness (QED) is 0.250. The van der Waals surface area contributed by atoms with Crippen molar-refractivity contribution in [2.24, 2.45) is 0 Å². The summed E-state index contributed by atoms with van der Waals surface area (Å²) in [6, 6.07) is 18.3. The molecule has 49 heavy (non-hydrogen) atoms. The number of rotatable bonds is 9. The largest absolute Gasteiger partial charge is 0.444 e. The molecule has 264 valence electrons. The zero-order chi connectivity index (χ0) is 35.2. The van der Waals surface area contributed by atoms with Gasteiger partial charge in [-0.05, 0) is 75.4 Å². The molecular weight excluding hydrogens is 690 g/mol. The van der Waals surface area contributed by atoms with Crippen LogP contribution in [0.5, 0.6) is 0 Å². The molecule has 3 heterocycles. The van der Waals surface area contributed by atoms with Crippen LogP contribution in [0.15, 0.2) is 66.7 Å². The van der Waals surface area contributed by atoms with Gasteiger partial charge in [-0.25, -0.2) is 23.5 Å². The first-order valence-corrected chi connectivity index (χ1v) is 19.1. The van der Waals surface area contributed by atoms with Crippen molar-refractivity contribution >= 4 is 50.7 Å². The van der Waals surface area contributed by atoms with Crippen LogP contribution >= 0.6 is 22.9 Å². The van der Waals surface area contributed by atoms with E-state index in [1.165, 1.54) is 16.2 Å². The molecule has 2 aliphatic rings. The summed E-state index contributed by atoms with van der Waals surface area (Å²) in [5.74, 6) is -1.51. The van der Waals surface area contributed by atoms with E-state index in [2.05, 4.69) is 10.8 Å². The van der Waals surface area contributed by atoms with Gasteiger partial charge < -0.3 is 19.7 Å². The average molecular weight is 732 g/mol. The van der Waals surface area contributed by atoms with Crippen molar-refractivity contribution in [1.82, 2.24) is 15.7 Å². The number of ether oxygens (including phenoxy) is 2. The Kier molecular flexibility index (Phi) is 11.7. The minimum atomic E-state index is -4.06. The van der Waals surface area contributed by atoms with Crippen molar-refractivity contribution in [3.8, 4) is 10.4 Å². The lowest BCUT2D eigenvalue weighted by Gasteiger charge is -2.31. The highest BCUT2D eigenvalue weighted by molar-refractivity contribution is 7.92. The van der Waals surface area contributed by atoms with Gasteiger partial charge in [-0.15, -0.1) is 11.3 Å². The molecule has 2 N–H and O–H groups in total. The Hall–Kier alpha value is -3.49. The second-order valence-electron chi connectivity index (χ2n) is 13.2. The van der Waals surface area contributed by atoms with Crippen LogP contribution in [0.3, 0.4) is 0 Å². The third kappa shape index (κ3) is 9.20. The predicted octanol–water partition coefficient (Wildman–Crippen LogP) is 6.14. The summed E-state index contributed by atoms with van der Waals surface area (Å²) < 4.78 is 38.2. The number of hydroxylamine groups is 1. The van der Waals surface area contributed by atoms with Crippen molar-refractivity contribution < 1.29 is 37.1 Å². The third-order valence-electron chi connectivity index (χ3n) is 8.44. The second-order valence-corrected chi connectivity index (χ2v) is 17.1. The Morgan fingerprint density at radius 3 is 2.45 bits per heavy atom. The smallest absolute Gasteiger partial charge is 0.408 e. The number of carbonyl (C=O) groups excluding carboxylic acids is 3. The van der Waals surface area contributed by atoms with Gasteiger partial charge in [-0.2, -0.15) is 0 Å². The van der Waals surface area contributed by atoms with E-state index in [1.807, 2.05) is 18.2 Å². The van der Waals surface area contributed by atoms with Crippen LogP contribution in [0, 0.1) is 0 Å². The molecule has 2 fully saturated rings. The molecule has 0 bridgehead atoms. The van der Waals surface area contributed by atoms with E-state index in [9.17, 15) is 22.8 Å². The number of sulfone groups is 1. The fourth-order valence-corrected chi connectivity index (χ4v) is 9.65. The van der Waals surface area contributed by atoms with E-state index in [-0.39, 0.29) is 19.5 Å². The molecule has 3 aromatic rings. The van der Waals surface area contributed by atoms with Crippen LogP contribution in [0.25, 0.3) is 10.4 Å². The highest BCUT2D eigenvalue weighted by Crippen LogP contribution is 2.45. The van der Waals surface area contributed by atoms with Crippen LogP contribution in [0.2, 0.25) is 5.02 Å². The number of alkyl carbamates (subject to hydrolysis) is 1. The van der Waals surface area contributed by atoms with Crippen molar-refractivity contribution in [2.45, 2.75) is 75.6 Å². The lowest BCUT2D eigenvalue weighted by Crippen LogP contribution is -2.45. The van der Waals surface area contributed by atoms with Crippen LogP contribution in [-0.2, 0) is 38.5 Å². The standard InChI is InChI=1S/C35H42ClN3O8S2/c1-34(2,3)46-33(42)37-31(25-9-5-4-6-10-25)32(41)39-19-18-35(49(43,44)22-20-39,23-29(40)38-47-30-11-7-8-21-45-30)28-17-16-27(48-28)24-12-14-26(36)15-13-24/h4-6,9-10,12-17,30-31H,7-8,11,18-23H2,1-3H3,(H,37,42)(H,38,40)/t30?,31-,35?/m1/s1. The van der Waals surface area contributed by atoms with Gasteiger partial charge in [0.2, 0.25) is 11.8 Å². The average Bonchev–Trinajstić information content (AvgIpc) is 3.52. The summed E-state index contributed by atoms with van der Waals surface area (Å²) in [6.07, 6.45) is 0.508. The van der Waals surface area contributed by atoms with Crippen LogP contribution in [0.4, 0.5) is 4.79 Å². The molecule has 2 saturated heterocycles. The molecule has 5 rings (SSSR count). The maximum atomic E-state index is 14.4. The SMILES string of the molecule is CC(C)(C)OC(=O)N[C@@H](C(=O)N1CCC(CC(=O)NOC2CCCCO2)(c2ccc(-c3ccc(Cl)cc3)s2)S(=O)(=O)CC1)c1ccccc1. The van der Waals surface area contributed by atoms with Gasteiger partial charge >= 0.3 is 6.09 Å². The Bertz CT molecular complexity index is 1720. The Labute approximate surface area is 296 Å². The first kappa shape index (κ1) is 36.8. The monoisotopic (exact) mass is 731 g/mol. The summed E-state index contributed by atoms with van der Waals surface area (Å²) in [5.41, 5.74) is 2.99. The number of hydrogen-bond donors (Lipinski definition) is 2. The summed E-state index contributed by atoms with van der Waals surface area (Å²) in [6.45, 7) is 5.54. The lowest BCUT2D eigenvalue weighted by molar-refractivity contribution is -0.200. The maximum absolute atomic E-state index is 14.4. The highest BCUT2D eigenvalue weighted by atomic mass is 35.5. The van der Waals surface area contributed by atoms with Gasteiger partial charge in [-0.1, -0.05) is 54.1 Å². The lowest BCUT2D eigenvalue weighted by atomic mass is 9.96. The van der Waals surface area contributed by atoms with E-state index in [0.717, 1.165) is 23.3 Å². The zero-order valence-corrected chi connectivity index (χ0v) is 30.2. The summed E-state index contributed by atoms with van der Waals surface area (Å²) in [5, 5.41) is 3.26. The number of nitrogens with one attached hydrogen (secondary N) is 2.